The predicted molar refractivity (Wildman–Crippen MR) is 90.8 cm³/mol. The minimum atomic E-state index is 0.0498. The number of thiazole rings is 1. The molecular weight excluding hydrogens is 326 g/mol. The third-order valence-corrected chi connectivity index (χ3v) is 5.06. The van der Waals surface area contributed by atoms with Crippen LogP contribution in [-0.4, -0.2) is 56.5 Å². The van der Waals surface area contributed by atoms with E-state index in [4.69, 9.17) is 4.52 Å². The molecule has 1 aliphatic rings. The third kappa shape index (κ3) is 3.99. The van der Waals surface area contributed by atoms with Gasteiger partial charge in [-0.15, -0.1) is 11.3 Å². The van der Waals surface area contributed by atoms with Crippen molar-refractivity contribution in [2.45, 2.75) is 45.7 Å². The maximum atomic E-state index is 12.5. The summed E-state index contributed by atoms with van der Waals surface area (Å²) in [4.78, 5) is 25.2. The predicted octanol–water partition coefficient (Wildman–Crippen LogP) is 2.35. The number of carbonyl (C=O) groups excluding carboxylic acids is 1. The Bertz CT molecular complexity index is 657. The summed E-state index contributed by atoms with van der Waals surface area (Å²) < 4.78 is 5.07. The van der Waals surface area contributed by atoms with Crippen LogP contribution < -0.4 is 0 Å². The van der Waals surface area contributed by atoms with Gasteiger partial charge in [0, 0.05) is 31.4 Å². The highest BCUT2D eigenvalue weighted by atomic mass is 32.1. The van der Waals surface area contributed by atoms with Crippen LogP contribution in [0.15, 0.2) is 15.4 Å². The summed E-state index contributed by atoms with van der Waals surface area (Å²) in [5.41, 5.74) is 2.27. The zero-order valence-corrected chi connectivity index (χ0v) is 15.0. The molecule has 8 heteroatoms. The summed E-state index contributed by atoms with van der Waals surface area (Å²) in [6.45, 7) is 7.14. The molecule has 1 atom stereocenters. The highest BCUT2D eigenvalue weighted by Crippen LogP contribution is 2.20. The molecule has 0 bridgehead atoms. The second-order valence-corrected chi connectivity index (χ2v) is 6.76. The molecule has 3 heterocycles. The maximum Gasteiger partial charge on any atom is 0.273 e. The summed E-state index contributed by atoms with van der Waals surface area (Å²) in [6.07, 6.45) is 3.04. The fraction of sp³-hybridized carbons (Fsp3) is 0.625. The molecule has 0 spiro atoms. The van der Waals surface area contributed by atoms with Gasteiger partial charge in [-0.1, -0.05) is 12.1 Å². The van der Waals surface area contributed by atoms with Gasteiger partial charge in [-0.2, -0.15) is 4.98 Å². The number of aromatic nitrogens is 3. The maximum absolute atomic E-state index is 12.5. The van der Waals surface area contributed by atoms with Gasteiger partial charge < -0.3 is 9.42 Å². The Kier molecular flexibility index (Phi) is 5.57. The average Bonchev–Trinajstić information content (AvgIpc) is 3.19. The van der Waals surface area contributed by atoms with Crippen molar-refractivity contribution in [2.75, 3.05) is 19.6 Å². The molecule has 3 rings (SSSR count). The van der Waals surface area contributed by atoms with E-state index in [0.717, 1.165) is 44.7 Å². The average molecular weight is 349 g/mol. The number of aryl methyl sites for hydroxylation is 1. The quantitative estimate of drug-likeness (QED) is 0.825. The van der Waals surface area contributed by atoms with Gasteiger partial charge >= 0.3 is 0 Å². The van der Waals surface area contributed by atoms with E-state index in [0.29, 0.717) is 24.2 Å². The van der Waals surface area contributed by atoms with E-state index in [1.807, 2.05) is 10.3 Å². The Morgan fingerprint density at radius 2 is 2.33 bits per heavy atom. The highest BCUT2D eigenvalue weighted by molar-refractivity contribution is 7.07. The van der Waals surface area contributed by atoms with E-state index >= 15 is 0 Å². The summed E-state index contributed by atoms with van der Waals surface area (Å²) in [7, 11) is 0. The van der Waals surface area contributed by atoms with Crippen molar-refractivity contribution in [2.24, 2.45) is 0 Å². The minimum Gasteiger partial charge on any atom is -0.340 e. The first-order valence-corrected chi connectivity index (χ1v) is 9.32. The Balaban J connectivity index is 1.60. The zero-order valence-electron chi connectivity index (χ0n) is 14.1. The van der Waals surface area contributed by atoms with Crippen LogP contribution >= 0.6 is 11.3 Å². The number of hydrogen-bond donors (Lipinski definition) is 0. The standard InChI is InChI=1S/C16H23N5O2S/c1-3-20(9-15-18-12(2)23-19-15)13-5-4-7-21(8-6-13)16(22)14-10-24-11-17-14/h10-11,13H,3-9H2,1-2H3/t13-/m1/s1. The summed E-state index contributed by atoms with van der Waals surface area (Å²) in [5, 5.41) is 5.82. The second-order valence-electron chi connectivity index (χ2n) is 6.04. The molecule has 0 aromatic carbocycles. The molecule has 2 aromatic heterocycles. The van der Waals surface area contributed by atoms with Gasteiger partial charge in [0.05, 0.1) is 12.1 Å². The van der Waals surface area contributed by atoms with E-state index in [2.05, 4.69) is 26.9 Å². The Morgan fingerprint density at radius 1 is 1.46 bits per heavy atom. The van der Waals surface area contributed by atoms with Crippen LogP contribution in [0.2, 0.25) is 0 Å². The van der Waals surface area contributed by atoms with E-state index in [1.54, 1.807) is 12.4 Å². The molecular formula is C16H23N5O2S. The van der Waals surface area contributed by atoms with Crippen molar-refractivity contribution in [1.29, 1.82) is 0 Å². The third-order valence-electron chi connectivity index (χ3n) is 4.47. The molecule has 24 heavy (non-hydrogen) atoms. The zero-order chi connectivity index (χ0) is 16.9. The van der Waals surface area contributed by atoms with Crippen LogP contribution in [0, 0.1) is 6.92 Å². The number of carbonyl (C=O) groups is 1. The van der Waals surface area contributed by atoms with Gasteiger partial charge in [0.1, 0.15) is 5.69 Å². The van der Waals surface area contributed by atoms with Gasteiger partial charge in [0.15, 0.2) is 5.82 Å². The molecule has 1 fully saturated rings. The first-order chi connectivity index (χ1) is 11.7. The molecule has 130 valence electrons. The molecule has 0 unspecified atom stereocenters. The van der Waals surface area contributed by atoms with Gasteiger partial charge in [-0.3, -0.25) is 9.69 Å². The van der Waals surface area contributed by atoms with Gasteiger partial charge in [-0.05, 0) is 25.8 Å². The SMILES string of the molecule is CCN(Cc1noc(C)n1)[C@@H]1CCCN(C(=O)c2cscn2)CC1. The van der Waals surface area contributed by atoms with Gasteiger partial charge in [0.25, 0.3) is 5.91 Å². The molecule has 2 aromatic rings. The monoisotopic (exact) mass is 349 g/mol. The highest BCUT2D eigenvalue weighted by Gasteiger charge is 2.26. The first kappa shape index (κ1) is 17.0. The van der Waals surface area contributed by atoms with Crippen LogP contribution in [0.3, 0.4) is 0 Å². The molecule has 1 amide bonds. The summed E-state index contributed by atoms with van der Waals surface area (Å²) >= 11 is 1.46. The van der Waals surface area contributed by atoms with Crippen LogP contribution in [0.4, 0.5) is 0 Å². The number of nitrogens with zero attached hydrogens (tertiary/aromatic N) is 5. The van der Waals surface area contributed by atoms with Crippen molar-refractivity contribution in [3.63, 3.8) is 0 Å². The van der Waals surface area contributed by atoms with Gasteiger partial charge in [-0.25, -0.2) is 4.98 Å². The fourth-order valence-corrected chi connectivity index (χ4v) is 3.74. The molecule has 0 aliphatic carbocycles. The second kappa shape index (κ2) is 7.85. The van der Waals surface area contributed by atoms with E-state index in [1.165, 1.54) is 11.3 Å². The van der Waals surface area contributed by atoms with Gasteiger partial charge in [0.2, 0.25) is 5.89 Å². The lowest BCUT2D eigenvalue weighted by Gasteiger charge is -2.28. The van der Waals surface area contributed by atoms with Crippen molar-refractivity contribution < 1.29 is 9.32 Å². The van der Waals surface area contributed by atoms with Crippen molar-refractivity contribution in [1.82, 2.24) is 24.9 Å². The largest absolute Gasteiger partial charge is 0.340 e. The lowest BCUT2D eigenvalue weighted by atomic mass is 10.1. The number of likely N-dealkylation sites (tertiary alicyclic amines) is 1. The Hall–Kier alpha value is -1.80. The fourth-order valence-electron chi connectivity index (χ4n) is 3.21. The summed E-state index contributed by atoms with van der Waals surface area (Å²) in [6, 6.07) is 0.432. The van der Waals surface area contributed by atoms with Crippen molar-refractivity contribution in [3.05, 3.63) is 28.3 Å². The molecule has 7 nitrogen and oxygen atoms in total. The Morgan fingerprint density at radius 3 is 3.00 bits per heavy atom. The van der Waals surface area contributed by atoms with Crippen LogP contribution in [-0.2, 0) is 6.54 Å². The Labute approximate surface area is 145 Å². The lowest BCUT2D eigenvalue weighted by molar-refractivity contribution is 0.0751. The molecule has 0 saturated carbocycles. The topological polar surface area (TPSA) is 75.4 Å². The van der Waals surface area contributed by atoms with Crippen molar-refractivity contribution in [3.8, 4) is 0 Å². The number of hydrogen-bond acceptors (Lipinski definition) is 7. The lowest BCUT2D eigenvalue weighted by Crippen LogP contribution is -2.37. The molecule has 0 N–H and O–H groups in total. The summed E-state index contributed by atoms with van der Waals surface area (Å²) in [5.74, 6) is 1.38. The number of rotatable bonds is 5. The first-order valence-electron chi connectivity index (χ1n) is 8.38. The molecule has 1 saturated heterocycles. The van der Waals surface area contributed by atoms with E-state index in [9.17, 15) is 4.79 Å². The van der Waals surface area contributed by atoms with E-state index < -0.39 is 0 Å². The van der Waals surface area contributed by atoms with Crippen LogP contribution in [0.25, 0.3) is 0 Å². The molecule has 1 aliphatic heterocycles. The number of amides is 1. The van der Waals surface area contributed by atoms with Crippen LogP contribution in [0.1, 0.15) is 48.4 Å². The van der Waals surface area contributed by atoms with E-state index in [-0.39, 0.29) is 5.91 Å². The smallest absolute Gasteiger partial charge is 0.273 e. The van der Waals surface area contributed by atoms with Crippen LogP contribution in [0.5, 0.6) is 0 Å². The minimum absolute atomic E-state index is 0.0498. The normalized spacial score (nSPS) is 18.8. The molecule has 0 radical (unpaired) electrons. The van der Waals surface area contributed by atoms with Crippen molar-refractivity contribution >= 4 is 17.2 Å².